The fourth-order valence-electron chi connectivity index (χ4n) is 2.79. The first kappa shape index (κ1) is 20.1. The summed E-state index contributed by atoms with van der Waals surface area (Å²) < 4.78 is 27.6. The van der Waals surface area contributed by atoms with E-state index in [1.165, 1.54) is 4.31 Å². The molecule has 1 heterocycles. The molecule has 0 unspecified atom stereocenters. The Labute approximate surface area is 169 Å². The summed E-state index contributed by atoms with van der Waals surface area (Å²) in [4.78, 5) is 13.3. The molecule has 1 amide bonds. The van der Waals surface area contributed by atoms with Gasteiger partial charge in [-0.15, -0.1) is 11.3 Å². The predicted octanol–water partition coefficient (Wildman–Crippen LogP) is 3.69. The summed E-state index contributed by atoms with van der Waals surface area (Å²) >= 11 is 1.55. The number of hydrogen-bond donors (Lipinski definition) is 1. The number of nitrogens with zero attached hydrogens (tertiary/aromatic N) is 1. The smallest absolute Gasteiger partial charge is 0.264 e. The second kappa shape index (κ2) is 9.52. The van der Waals surface area contributed by atoms with E-state index in [0.29, 0.717) is 25.1 Å². The summed E-state index contributed by atoms with van der Waals surface area (Å²) in [5.41, 5.74) is 0.608. The number of hydrogen-bond acceptors (Lipinski definition) is 4. The summed E-state index contributed by atoms with van der Waals surface area (Å²) in [7, 11) is -3.67. The van der Waals surface area contributed by atoms with Crippen LogP contribution in [0.4, 0.5) is 5.69 Å². The van der Waals surface area contributed by atoms with Crippen LogP contribution in [0.2, 0.25) is 0 Å². The van der Waals surface area contributed by atoms with Crippen molar-refractivity contribution in [2.75, 3.05) is 17.4 Å². The van der Waals surface area contributed by atoms with Gasteiger partial charge in [0.1, 0.15) is 0 Å². The van der Waals surface area contributed by atoms with Crippen molar-refractivity contribution >= 4 is 33.0 Å². The number of rotatable bonds is 9. The van der Waals surface area contributed by atoms with Crippen molar-refractivity contribution < 1.29 is 13.2 Å². The minimum absolute atomic E-state index is 0.0559. The number of carbonyl (C=O) groups is 1. The number of nitrogens with one attached hydrogen (secondary N) is 1. The van der Waals surface area contributed by atoms with Gasteiger partial charge in [-0.05, 0) is 42.1 Å². The lowest BCUT2D eigenvalue weighted by molar-refractivity contribution is -0.120. The highest BCUT2D eigenvalue weighted by atomic mass is 32.2. The Morgan fingerprint density at radius 3 is 2.25 bits per heavy atom. The van der Waals surface area contributed by atoms with Crippen LogP contribution < -0.4 is 9.62 Å². The molecule has 0 saturated carbocycles. The zero-order valence-corrected chi connectivity index (χ0v) is 17.0. The van der Waals surface area contributed by atoms with E-state index < -0.39 is 10.0 Å². The Morgan fingerprint density at radius 1 is 0.929 bits per heavy atom. The fraction of sp³-hybridized carbons (Fsp3) is 0.190. The van der Waals surface area contributed by atoms with E-state index in [0.717, 1.165) is 4.88 Å². The number of anilines is 1. The molecule has 0 spiro atoms. The van der Waals surface area contributed by atoms with E-state index in [2.05, 4.69) is 5.32 Å². The number of amides is 1. The SMILES string of the molecule is O=C(Cc1cccs1)NCCCN(c1ccccc1)S(=O)(=O)c1ccccc1. The summed E-state index contributed by atoms with van der Waals surface area (Å²) in [5, 5.41) is 4.80. The molecule has 2 aromatic carbocycles. The maximum atomic E-state index is 13.1. The first-order valence-electron chi connectivity index (χ1n) is 8.99. The monoisotopic (exact) mass is 414 g/mol. The first-order chi connectivity index (χ1) is 13.6. The molecule has 0 aliphatic rings. The van der Waals surface area contributed by atoms with Gasteiger partial charge in [0.25, 0.3) is 10.0 Å². The van der Waals surface area contributed by atoms with Gasteiger partial charge in [-0.25, -0.2) is 8.42 Å². The van der Waals surface area contributed by atoms with Gasteiger partial charge in [-0.2, -0.15) is 0 Å². The van der Waals surface area contributed by atoms with Crippen molar-refractivity contribution in [2.45, 2.75) is 17.7 Å². The molecule has 5 nitrogen and oxygen atoms in total. The van der Waals surface area contributed by atoms with Gasteiger partial charge in [-0.1, -0.05) is 42.5 Å². The Hall–Kier alpha value is -2.64. The quantitative estimate of drug-likeness (QED) is 0.543. The molecule has 0 atom stereocenters. The molecular formula is C21H22N2O3S2. The molecule has 146 valence electrons. The number of para-hydroxylation sites is 1. The predicted molar refractivity (Wildman–Crippen MR) is 113 cm³/mol. The topological polar surface area (TPSA) is 66.5 Å². The van der Waals surface area contributed by atoms with Crippen LogP contribution in [0.1, 0.15) is 11.3 Å². The zero-order chi connectivity index (χ0) is 19.8. The standard InChI is InChI=1S/C21H22N2O3S2/c24-21(17-19-11-7-16-27-19)22-14-8-15-23(18-9-3-1-4-10-18)28(25,26)20-12-5-2-6-13-20/h1-7,9-13,16H,8,14-15,17H2,(H,22,24). The largest absolute Gasteiger partial charge is 0.356 e. The van der Waals surface area contributed by atoms with Crippen LogP contribution in [0.15, 0.2) is 83.1 Å². The van der Waals surface area contributed by atoms with Gasteiger partial charge in [0.2, 0.25) is 5.91 Å². The van der Waals surface area contributed by atoms with E-state index >= 15 is 0 Å². The fourth-order valence-corrected chi connectivity index (χ4v) is 5.01. The van der Waals surface area contributed by atoms with Gasteiger partial charge in [0.05, 0.1) is 17.0 Å². The van der Waals surface area contributed by atoms with E-state index in [4.69, 9.17) is 0 Å². The third kappa shape index (κ3) is 5.21. The summed E-state index contributed by atoms with van der Waals surface area (Å²) in [6.45, 7) is 0.693. The van der Waals surface area contributed by atoms with Crippen LogP contribution in [-0.2, 0) is 21.2 Å². The highest BCUT2D eigenvalue weighted by molar-refractivity contribution is 7.92. The molecular weight excluding hydrogens is 392 g/mol. The van der Waals surface area contributed by atoms with Crippen LogP contribution in [0.25, 0.3) is 0 Å². The molecule has 1 aromatic heterocycles. The average Bonchev–Trinajstić information content (AvgIpc) is 3.22. The van der Waals surface area contributed by atoms with E-state index in [-0.39, 0.29) is 17.3 Å². The van der Waals surface area contributed by atoms with E-state index in [9.17, 15) is 13.2 Å². The molecule has 0 aliphatic carbocycles. The van der Waals surface area contributed by atoms with Crippen molar-refractivity contribution in [3.05, 3.63) is 83.1 Å². The van der Waals surface area contributed by atoms with Crippen molar-refractivity contribution in [1.82, 2.24) is 5.32 Å². The zero-order valence-electron chi connectivity index (χ0n) is 15.3. The molecule has 0 radical (unpaired) electrons. The molecule has 3 aromatic rings. The average molecular weight is 415 g/mol. The molecule has 28 heavy (non-hydrogen) atoms. The van der Waals surface area contributed by atoms with Gasteiger partial charge < -0.3 is 5.32 Å². The van der Waals surface area contributed by atoms with Crippen LogP contribution >= 0.6 is 11.3 Å². The van der Waals surface area contributed by atoms with E-state index in [1.54, 1.807) is 53.8 Å². The van der Waals surface area contributed by atoms with Crippen molar-refractivity contribution in [3.8, 4) is 0 Å². The van der Waals surface area contributed by atoms with Crippen LogP contribution in [0.3, 0.4) is 0 Å². The lowest BCUT2D eigenvalue weighted by atomic mass is 10.3. The minimum atomic E-state index is -3.67. The molecule has 0 bridgehead atoms. The molecule has 1 N–H and O–H groups in total. The Bertz CT molecular complexity index is 973. The van der Waals surface area contributed by atoms with Gasteiger partial charge in [0, 0.05) is 18.0 Å². The van der Waals surface area contributed by atoms with Crippen LogP contribution in [0.5, 0.6) is 0 Å². The maximum Gasteiger partial charge on any atom is 0.264 e. The lowest BCUT2D eigenvalue weighted by Crippen LogP contribution is -2.34. The molecule has 3 rings (SSSR count). The molecule has 0 aliphatic heterocycles. The minimum Gasteiger partial charge on any atom is -0.356 e. The number of sulfonamides is 1. The molecule has 7 heteroatoms. The Balaban J connectivity index is 1.65. The van der Waals surface area contributed by atoms with Crippen LogP contribution in [-0.4, -0.2) is 27.4 Å². The normalized spacial score (nSPS) is 11.1. The molecule has 0 saturated heterocycles. The summed E-state index contributed by atoms with van der Waals surface area (Å²) in [5.74, 6) is -0.0559. The highest BCUT2D eigenvalue weighted by Crippen LogP contribution is 2.23. The van der Waals surface area contributed by atoms with Crippen molar-refractivity contribution in [1.29, 1.82) is 0 Å². The maximum absolute atomic E-state index is 13.1. The second-order valence-corrected chi connectivity index (χ2v) is 9.08. The summed E-state index contributed by atoms with van der Waals surface area (Å²) in [6.07, 6.45) is 0.861. The third-order valence-electron chi connectivity index (χ3n) is 4.15. The second-order valence-electron chi connectivity index (χ2n) is 6.19. The Morgan fingerprint density at radius 2 is 1.61 bits per heavy atom. The first-order valence-corrected chi connectivity index (χ1v) is 11.3. The Kier molecular flexibility index (Phi) is 6.84. The lowest BCUT2D eigenvalue weighted by Gasteiger charge is -2.24. The number of carbonyl (C=O) groups excluding carboxylic acids is 1. The van der Waals surface area contributed by atoms with Gasteiger partial charge >= 0.3 is 0 Å². The van der Waals surface area contributed by atoms with Crippen molar-refractivity contribution in [2.24, 2.45) is 0 Å². The third-order valence-corrected chi connectivity index (χ3v) is 6.87. The number of benzene rings is 2. The van der Waals surface area contributed by atoms with Gasteiger partial charge in [-0.3, -0.25) is 9.10 Å². The summed E-state index contributed by atoms with van der Waals surface area (Å²) in [6, 6.07) is 21.2. The highest BCUT2D eigenvalue weighted by Gasteiger charge is 2.24. The van der Waals surface area contributed by atoms with Gasteiger partial charge in [0.15, 0.2) is 0 Å². The number of thiophene rings is 1. The van der Waals surface area contributed by atoms with Crippen LogP contribution in [0, 0.1) is 0 Å². The van der Waals surface area contributed by atoms with E-state index in [1.807, 2.05) is 35.7 Å². The molecule has 0 fully saturated rings. The van der Waals surface area contributed by atoms with Crippen molar-refractivity contribution in [3.63, 3.8) is 0 Å².